The van der Waals surface area contributed by atoms with E-state index in [1.54, 1.807) is 0 Å². The van der Waals surface area contributed by atoms with E-state index < -0.39 is 0 Å². The van der Waals surface area contributed by atoms with Crippen molar-refractivity contribution >= 4 is 17.1 Å². The first-order valence-corrected chi connectivity index (χ1v) is 11.9. The van der Waals surface area contributed by atoms with Crippen molar-refractivity contribution in [3.05, 3.63) is 87.5 Å². The Hall–Kier alpha value is -2.54. The third-order valence-electron chi connectivity index (χ3n) is 8.49. The second-order valence-electron chi connectivity index (χ2n) is 11.4. The summed E-state index contributed by atoms with van der Waals surface area (Å²) in [5, 5.41) is 0. The number of para-hydroxylation sites is 2. The van der Waals surface area contributed by atoms with E-state index in [2.05, 4.69) is 102 Å². The standard InChI is InChI=1S/C30H33N/c1-8-11-18-16-23-27-24(17-18)30(6,7)22-15-10-13-20-26(22)31(27)25-19(28(20,2)3)12-9-14-21(25)29(23,4)5/h9-10,12-17H,8,11H2,1-7H3. The molecule has 0 spiro atoms. The highest BCUT2D eigenvalue weighted by molar-refractivity contribution is 5.98. The molecule has 0 radical (unpaired) electrons. The molecular weight excluding hydrogens is 374 g/mol. The van der Waals surface area contributed by atoms with Gasteiger partial charge in [-0.05, 0) is 45.4 Å². The molecule has 158 valence electrons. The van der Waals surface area contributed by atoms with E-state index in [-0.39, 0.29) is 16.2 Å². The largest absolute Gasteiger partial charge is 0.309 e. The van der Waals surface area contributed by atoms with Gasteiger partial charge >= 0.3 is 0 Å². The van der Waals surface area contributed by atoms with Crippen LogP contribution in [-0.4, -0.2) is 0 Å². The van der Waals surface area contributed by atoms with Gasteiger partial charge in [0.1, 0.15) is 0 Å². The predicted molar refractivity (Wildman–Crippen MR) is 132 cm³/mol. The van der Waals surface area contributed by atoms with Gasteiger partial charge in [-0.1, -0.05) is 103 Å². The van der Waals surface area contributed by atoms with Crippen molar-refractivity contribution in [2.45, 2.75) is 77.6 Å². The molecule has 0 fully saturated rings. The van der Waals surface area contributed by atoms with E-state index in [0.29, 0.717) is 0 Å². The Labute approximate surface area is 187 Å². The molecule has 0 atom stereocenters. The molecule has 3 aromatic rings. The zero-order valence-electron chi connectivity index (χ0n) is 20.0. The molecule has 3 aliphatic rings. The average molecular weight is 408 g/mol. The van der Waals surface area contributed by atoms with E-state index in [4.69, 9.17) is 0 Å². The molecule has 0 bridgehead atoms. The van der Waals surface area contributed by atoms with Crippen LogP contribution >= 0.6 is 0 Å². The van der Waals surface area contributed by atoms with Crippen LogP contribution < -0.4 is 4.90 Å². The Morgan fingerprint density at radius 1 is 0.581 bits per heavy atom. The molecule has 0 unspecified atom stereocenters. The second-order valence-corrected chi connectivity index (χ2v) is 11.4. The molecule has 3 heterocycles. The van der Waals surface area contributed by atoms with Crippen LogP contribution in [-0.2, 0) is 22.7 Å². The summed E-state index contributed by atoms with van der Waals surface area (Å²) in [4.78, 5) is 2.65. The smallest absolute Gasteiger partial charge is 0.0544 e. The molecule has 3 aliphatic heterocycles. The number of hydrogen-bond donors (Lipinski definition) is 0. The van der Waals surface area contributed by atoms with E-state index in [9.17, 15) is 0 Å². The SMILES string of the molecule is CCCc1cc2c3c(c1)C(C)(C)c1cccc4c1N3c1c(cccc1C2(C)C)C4(C)C. The lowest BCUT2D eigenvalue weighted by atomic mass is 9.60. The summed E-state index contributed by atoms with van der Waals surface area (Å²) in [6.45, 7) is 16.8. The molecule has 0 saturated heterocycles. The van der Waals surface area contributed by atoms with Crippen molar-refractivity contribution in [3.8, 4) is 0 Å². The van der Waals surface area contributed by atoms with Gasteiger partial charge < -0.3 is 4.90 Å². The minimum absolute atomic E-state index is 0.0174. The molecule has 0 aliphatic carbocycles. The number of benzene rings is 3. The highest BCUT2D eigenvalue weighted by atomic mass is 15.2. The molecule has 0 aromatic heterocycles. The first kappa shape index (κ1) is 19.2. The molecular formula is C30H33N. The molecule has 31 heavy (non-hydrogen) atoms. The van der Waals surface area contributed by atoms with Crippen molar-refractivity contribution in [2.75, 3.05) is 4.90 Å². The predicted octanol–water partition coefficient (Wildman–Crippen LogP) is 8.03. The highest BCUT2D eigenvalue weighted by Crippen LogP contribution is 2.65. The summed E-state index contributed by atoms with van der Waals surface area (Å²) < 4.78 is 0. The summed E-state index contributed by atoms with van der Waals surface area (Å²) in [6, 6.07) is 19.1. The van der Waals surface area contributed by atoms with Crippen molar-refractivity contribution in [1.29, 1.82) is 0 Å². The van der Waals surface area contributed by atoms with Gasteiger partial charge in [-0.2, -0.15) is 0 Å². The second kappa shape index (κ2) is 5.63. The maximum absolute atomic E-state index is 2.65. The Kier molecular flexibility index (Phi) is 3.48. The summed E-state index contributed by atoms with van der Waals surface area (Å²) in [5.74, 6) is 0. The van der Waals surface area contributed by atoms with Gasteiger partial charge in [0.2, 0.25) is 0 Å². The van der Waals surface area contributed by atoms with E-state index >= 15 is 0 Å². The average Bonchev–Trinajstić information content (AvgIpc) is 2.72. The van der Waals surface area contributed by atoms with Crippen LogP contribution in [0.2, 0.25) is 0 Å². The van der Waals surface area contributed by atoms with Crippen LogP contribution in [0.15, 0.2) is 48.5 Å². The summed E-state index contributed by atoms with van der Waals surface area (Å²) in [7, 11) is 0. The fourth-order valence-electron chi connectivity index (χ4n) is 6.68. The van der Waals surface area contributed by atoms with Gasteiger partial charge in [-0.3, -0.25) is 0 Å². The maximum atomic E-state index is 2.65. The molecule has 0 saturated carbocycles. The third kappa shape index (κ3) is 2.08. The third-order valence-corrected chi connectivity index (χ3v) is 8.49. The molecule has 3 aromatic carbocycles. The number of anilines is 3. The normalized spacial score (nSPS) is 19.8. The molecule has 1 nitrogen and oxygen atoms in total. The number of nitrogens with zero attached hydrogens (tertiary/aromatic N) is 1. The van der Waals surface area contributed by atoms with Gasteiger partial charge in [0.05, 0.1) is 17.1 Å². The zero-order valence-corrected chi connectivity index (χ0v) is 20.0. The molecule has 0 N–H and O–H groups in total. The van der Waals surface area contributed by atoms with Gasteiger partial charge in [-0.15, -0.1) is 0 Å². The minimum atomic E-state index is -0.0222. The van der Waals surface area contributed by atoms with Crippen molar-refractivity contribution in [1.82, 2.24) is 0 Å². The lowest BCUT2D eigenvalue weighted by Gasteiger charge is -2.55. The van der Waals surface area contributed by atoms with Crippen LogP contribution in [0.5, 0.6) is 0 Å². The molecule has 6 rings (SSSR count). The fraction of sp³-hybridized carbons (Fsp3) is 0.400. The van der Waals surface area contributed by atoms with Crippen molar-refractivity contribution in [2.24, 2.45) is 0 Å². The van der Waals surface area contributed by atoms with E-state index in [1.807, 2.05) is 0 Å². The topological polar surface area (TPSA) is 3.24 Å². The zero-order chi connectivity index (χ0) is 21.9. The quantitative estimate of drug-likeness (QED) is 0.415. The minimum Gasteiger partial charge on any atom is -0.309 e. The summed E-state index contributed by atoms with van der Waals surface area (Å²) >= 11 is 0. The van der Waals surface area contributed by atoms with E-state index in [0.717, 1.165) is 6.42 Å². The monoisotopic (exact) mass is 407 g/mol. The van der Waals surface area contributed by atoms with Gasteiger partial charge in [0.25, 0.3) is 0 Å². The van der Waals surface area contributed by atoms with Gasteiger partial charge in [0.15, 0.2) is 0 Å². The molecule has 0 amide bonds. The lowest BCUT2D eigenvalue weighted by Crippen LogP contribution is -2.43. The Morgan fingerprint density at radius 2 is 0.935 bits per heavy atom. The highest BCUT2D eigenvalue weighted by Gasteiger charge is 2.51. The summed E-state index contributed by atoms with van der Waals surface area (Å²) in [6.07, 6.45) is 2.32. The Bertz CT molecular complexity index is 1180. The summed E-state index contributed by atoms with van der Waals surface area (Å²) in [5.41, 5.74) is 14.6. The number of rotatable bonds is 2. The first-order chi connectivity index (χ1) is 14.6. The van der Waals surface area contributed by atoms with Gasteiger partial charge in [0, 0.05) is 16.2 Å². The number of hydrogen-bond acceptors (Lipinski definition) is 1. The van der Waals surface area contributed by atoms with Crippen LogP contribution in [0.4, 0.5) is 17.1 Å². The number of aryl methyl sites for hydroxylation is 1. The maximum Gasteiger partial charge on any atom is 0.0544 e. The Morgan fingerprint density at radius 3 is 1.32 bits per heavy atom. The molecule has 1 heteroatoms. The first-order valence-electron chi connectivity index (χ1n) is 11.9. The van der Waals surface area contributed by atoms with Crippen LogP contribution in [0.25, 0.3) is 0 Å². The fourth-order valence-corrected chi connectivity index (χ4v) is 6.68. The van der Waals surface area contributed by atoms with E-state index in [1.165, 1.54) is 62.4 Å². The Balaban J connectivity index is 1.84. The lowest BCUT2D eigenvalue weighted by molar-refractivity contribution is 0.565. The van der Waals surface area contributed by atoms with Gasteiger partial charge in [-0.25, -0.2) is 0 Å². The van der Waals surface area contributed by atoms with Crippen LogP contribution in [0, 0.1) is 0 Å². The van der Waals surface area contributed by atoms with Crippen molar-refractivity contribution in [3.63, 3.8) is 0 Å². The van der Waals surface area contributed by atoms with Crippen molar-refractivity contribution < 1.29 is 0 Å². The van der Waals surface area contributed by atoms with Crippen LogP contribution in [0.1, 0.15) is 93.8 Å². The van der Waals surface area contributed by atoms with Crippen LogP contribution in [0.3, 0.4) is 0 Å².